The number of rotatable bonds is 9. The van der Waals surface area contributed by atoms with E-state index in [0.717, 1.165) is 4.90 Å². The highest BCUT2D eigenvalue weighted by Gasteiger charge is 2.64. The predicted octanol–water partition coefficient (Wildman–Crippen LogP) is 4.09. The zero-order valence-electron chi connectivity index (χ0n) is 31.7. The van der Waals surface area contributed by atoms with E-state index in [0.29, 0.717) is 33.1 Å². The Labute approximate surface area is 322 Å². The maximum atomic E-state index is 14.6. The first kappa shape index (κ1) is 42.7. The van der Waals surface area contributed by atoms with Crippen molar-refractivity contribution in [3.05, 3.63) is 42.0 Å². The maximum absolute atomic E-state index is 14.6. The molecule has 0 spiro atoms. The molecule has 2 aliphatic carbocycles. The van der Waals surface area contributed by atoms with Gasteiger partial charge in [-0.25, -0.2) is 22.4 Å². The molecule has 2 heterocycles. The van der Waals surface area contributed by atoms with Gasteiger partial charge in [0, 0.05) is 12.3 Å². The van der Waals surface area contributed by atoms with E-state index < -0.39 is 105 Å². The summed E-state index contributed by atoms with van der Waals surface area (Å²) in [5.74, 6) is -5.08. The number of carbonyl (C=O) groups excluding carboxylic acids is 5. The fourth-order valence-electron chi connectivity index (χ4n) is 7.22. The Balaban J connectivity index is 1.49. The van der Waals surface area contributed by atoms with Crippen molar-refractivity contribution in [1.82, 2.24) is 20.3 Å². The van der Waals surface area contributed by atoms with Gasteiger partial charge < -0.3 is 29.7 Å². The number of hydrogen-bond donors (Lipinski definition) is 3. The van der Waals surface area contributed by atoms with Crippen molar-refractivity contribution in [3.8, 4) is 5.75 Å². The minimum atomic E-state index is -4.95. The predicted molar refractivity (Wildman–Crippen MR) is 191 cm³/mol. The second-order valence-electron chi connectivity index (χ2n) is 15.8. The minimum absolute atomic E-state index is 0.00989. The highest BCUT2D eigenvalue weighted by Crippen LogP contribution is 2.48. The second-order valence-corrected chi connectivity index (χ2v) is 17.9. The van der Waals surface area contributed by atoms with Crippen LogP contribution in [0.3, 0.4) is 0 Å². The molecule has 14 nitrogen and oxygen atoms in total. The van der Waals surface area contributed by atoms with Crippen LogP contribution in [0.1, 0.15) is 83.0 Å². The number of nitrogens with one attached hydrogen (secondary N) is 3. The monoisotopic (exact) mass is 816 g/mol. The van der Waals surface area contributed by atoms with Crippen LogP contribution in [0.5, 0.6) is 5.75 Å². The third-order valence-corrected chi connectivity index (χ3v) is 13.3. The van der Waals surface area contributed by atoms with Crippen LogP contribution in [0.2, 0.25) is 0 Å². The van der Waals surface area contributed by atoms with Crippen molar-refractivity contribution >= 4 is 39.8 Å². The van der Waals surface area contributed by atoms with Crippen LogP contribution in [-0.4, -0.2) is 104 Å². The van der Waals surface area contributed by atoms with Gasteiger partial charge in [0.1, 0.15) is 46.5 Å². The Hall–Kier alpha value is -4.42. The zero-order chi connectivity index (χ0) is 41.4. The molecule has 56 heavy (non-hydrogen) atoms. The van der Waals surface area contributed by atoms with Gasteiger partial charge in [-0.15, -0.1) is 0 Å². The second kappa shape index (κ2) is 15.8. The lowest BCUT2D eigenvalue weighted by Gasteiger charge is -2.34. The Morgan fingerprint density at radius 3 is 2.38 bits per heavy atom. The molecule has 2 aliphatic heterocycles. The van der Waals surface area contributed by atoms with Gasteiger partial charge in [-0.2, -0.15) is 13.2 Å². The van der Waals surface area contributed by atoms with Crippen molar-refractivity contribution in [2.45, 2.75) is 113 Å². The fourth-order valence-corrected chi connectivity index (χ4v) is 8.65. The van der Waals surface area contributed by atoms with Gasteiger partial charge in [0.05, 0.1) is 13.7 Å². The van der Waals surface area contributed by atoms with E-state index in [1.807, 2.05) is 11.6 Å². The van der Waals surface area contributed by atoms with Crippen LogP contribution >= 0.6 is 0 Å². The number of amides is 4. The quantitative estimate of drug-likeness (QED) is 0.186. The lowest BCUT2D eigenvalue weighted by Crippen LogP contribution is -2.60. The lowest BCUT2D eigenvalue weighted by molar-refractivity contribution is -0.244. The molecule has 1 aromatic rings. The van der Waals surface area contributed by atoms with Crippen molar-refractivity contribution in [2.24, 2.45) is 17.8 Å². The van der Waals surface area contributed by atoms with Gasteiger partial charge in [0.2, 0.25) is 27.4 Å². The van der Waals surface area contributed by atoms with Crippen LogP contribution in [0, 0.1) is 17.8 Å². The molecule has 19 heteroatoms. The normalized spacial score (nSPS) is 29.3. The van der Waals surface area contributed by atoms with Crippen LogP contribution in [0.25, 0.3) is 0 Å². The molecular weight excluding hydrogens is 768 g/mol. The molecule has 4 aliphatic rings. The molecule has 1 aromatic carbocycles. The number of alkyl halides is 4. The van der Waals surface area contributed by atoms with Crippen molar-refractivity contribution < 1.29 is 64.2 Å². The van der Waals surface area contributed by atoms with Crippen LogP contribution in [0.4, 0.5) is 22.4 Å². The zero-order valence-corrected chi connectivity index (χ0v) is 32.6. The topological polar surface area (TPSA) is 187 Å². The molecular formula is C37H48F4N4O10S. The number of esters is 1. The van der Waals surface area contributed by atoms with Crippen molar-refractivity contribution in [3.63, 3.8) is 0 Å². The molecule has 2 saturated carbocycles. The number of methoxy groups -OCH3 is 1. The molecule has 4 amide bonds. The summed E-state index contributed by atoms with van der Waals surface area (Å²) in [6.45, 7) is 3.18. The maximum Gasteiger partial charge on any atom is 0.427 e. The summed E-state index contributed by atoms with van der Waals surface area (Å²) in [5, 5.41) is 4.93. The number of alkyl carbamates (subject to hydrolysis) is 1. The number of carbonyl (C=O) groups is 5. The van der Waals surface area contributed by atoms with Crippen LogP contribution < -0.4 is 20.1 Å². The highest BCUT2D eigenvalue weighted by molar-refractivity contribution is 7.91. The molecule has 0 aromatic heterocycles. The first-order valence-corrected chi connectivity index (χ1v) is 19.9. The average Bonchev–Trinajstić information content (AvgIpc) is 4.02. The molecule has 310 valence electrons. The summed E-state index contributed by atoms with van der Waals surface area (Å²) < 4.78 is 96.9. The Morgan fingerprint density at radius 1 is 1.07 bits per heavy atom. The van der Waals surface area contributed by atoms with E-state index in [1.165, 1.54) is 19.2 Å². The van der Waals surface area contributed by atoms with E-state index in [-0.39, 0.29) is 42.9 Å². The number of halogens is 4. The van der Waals surface area contributed by atoms with E-state index in [2.05, 4.69) is 10.6 Å². The molecule has 5 rings (SSSR count). The summed E-state index contributed by atoms with van der Waals surface area (Å²) in [5.41, 5.74) is -4.69. The summed E-state index contributed by atoms with van der Waals surface area (Å²) in [6, 6.07) is 3.15. The lowest BCUT2D eigenvalue weighted by atomic mass is 9.88. The first-order chi connectivity index (χ1) is 26.1. The number of sulfonamides is 1. The Morgan fingerprint density at radius 2 is 1.75 bits per heavy atom. The minimum Gasteiger partial charge on any atom is -0.496 e. The number of fused-ring (bicyclic) bond motifs is 2. The van der Waals surface area contributed by atoms with Crippen LogP contribution in [-0.2, 0) is 33.9 Å². The van der Waals surface area contributed by atoms with E-state index in [9.17, 15) is 50.0 Å². The number of benzene rings is 1. The van der Waals surface area contributed by atoms with Crippen molar-refractivity contribution in [1.29, 1.82) is 0 Å². The molecule has 0 bridgehead atoms. The molecule has 3 N–H and O–H groups in total. The first-order valence-electron chi connectivity index (χ1n) is 18.4. The number of allylic oxidation sites excluding steroid dienone is 1. The highest BCUT2D eigenvalue weighted by atomic mass is 32.2. The summed E-state index contributed by atoms with van der Waals surface area (Å²) in [7, 11) is -3.14. The fraction of sp³-hybridized carbons (Fsp3) is 0.649. The molecule has 1 saturated heterocycles. The molecule has 7 atom stereocenters. The number of nitrogens with zero attached hydrogens (tertiary/aromatic N) is 1. The molecule has 0 radical (unpaired) electrons. The average molecular weight is 817 g/mol. The van der Waals surface area contributed by atoms with Crippen molar-refractivity contribution in [2.75, 3.05) is 20.3 Å². The Kier molecular flexibility index (Phi) is 12.1. The van der Waals surface area contributed by atoms with E-state index in [1.54, 1.807) is 31.2 Å². The SMILES string of the molecule is COc1ccccc1C(=O)O[C@@H]1C[C@H]2C(=O)N[C@]3(C(=O)NS(=O)(=O)C4(CF)CC4)C[C@H]3C=CCC[C@H](C)C[C@@H](C)[C@H](NC(=O)OC(C)(C)C(F)(F)F)C(=O)N2C1. The van der Waals surface area contributed by atoms with Gasteiger partial charge in [0.25, 0.3) is 5.91 Å². The molecule has 0 unspecified atom stereocenters. The van der Waals surface area contributed by atoms with Gasteiger partial charge >= 0.3 is 18.2 Å². The summed E-state index contributed by atoms with van der Waals surface area (Å²) >= 11 is 0. The smallest absolute Gasteiger partial charge is 0.427 e. The van der Waals surface area contributed by atoms with Gasteiger partial charge in [-0.05, 0) is 76.3 Å². The van der Waals surface area contributed by atoms with Gasteiger partial charge in [0.15, 0.2) is 0 Å². The van der Waals surface area contributed by atoms with Gasteiger partial charge in [-0.1, -0.05) is 38.1 Å². The van der Waals surface area contributed by atoms with E-state index >= 15 is 0 Å². The summed E-state index contributed by atoms with van der Waals surface area (Å²) in [6.07, 6.45) is -3.17. The number of ether oxygens (including phenoxy) is 3. The largest absolute Gasteiger partial charge is 0.496 e. The third kappa shape index (κ3) is 8.76. The van der Waals surface area contributed by atoms with Gasteiger partial charge in [-0.3, -0.25) is 19.1 Å². The van der Waals surface area contributed by atoms with Crippen LogP contribution in [0.15, 0.2) is 36.4 Å². The number of para-hydroxylation sites is 1. The summed E-state index contributed by atoms with van der Waals surface area (Å²) in [4.78, 5) is 70.0. The standard InChI is InChI=1S/C37H48F4N4O10S/c1-21-10-6-7-11-23-18-36(23,32(49)44-56(51,52)35(20-38)14-15-35)43-29(46)26-17-24(54-31(48)25-12-8-9-13-27(25)53-5)19-45(26)30(47)28(22(2)16-21)42-33(50)55-34(3,4)37(39,40)41/h7-9,11-13,21-24,26,28H,6,10,14-20H2,1-5H3,(H,42,50)(H,43,46)(H,44,49)/t21-,22+,23+,24+,26-,28-,36+/m0/s1. The number of hydrogen-bond acceptors (Lipinski definition) is 10. The van der Waals surface area contributed by atoms with E-state index in [4.69, 9.17) is 14.2 Å². The third-order valence-electron chi connectivity index (χ3n) is 11.2. The Bertz CT molecular complexity index is 1850. The molecule has 3 fully saturated rings.